The monoisotopic (exact) mass is 378 g/mol. The maximum Gasteiger partial charge on any atom is 0.223 e. The highest BCUT2D eigenvalue weighted by atomic mass is 19.1. The summed E-state index contributed by atoms with van der Waals surface area (Å²) in [6.45, 7) is 0. The lowest BCUT2D eigenvalue weighted by Crippen LogP contribution is -2.28. The molecule has 1 aliphatic rings. The molecule has 1 saturated carbocycles. The first-order chi connectivity index (χ1) is 13.5. The highest BCUT2D eigenvalue weighted by molar-refractivity contribution is 5.98. The van der Waals surface area contributed by atoms with Gasteiger partial charge in [-0.15, -0.1) is 0 Å². The predicted molar refractivity (Wildman–Crippen MR) is 104 cm³/mol. The highest BCUT2D eigenvalue weighted by Gasteiger charge is 2.21. The standard InChI is InChI=1S/C20H19FN6O/c21-17-7-11(8-22)1-6-14(17)15-9-24-19(23)16-10-25-20(27-18(15)16)26-12-2-4-13(28)5-3-12/h1,6-7,9-10,12-13,28H,2-5H2,(H2,23,24)(H,25,26,27). The van der Waals surface area contributed by atoms with Gasteiger partial charge in [-0.05, 0) is 43.9 Å². The van der Waals surface area contributed by atoms with Crippen molar-refractivity contribution in [3.63, 3.8) is 0 Å². The van der Waals surface area contributed by atoms with Crippen molar-refractivity contribution in [2.45, 2.75) is 37.8 Å². The van der Waals surface area contributed by atoms with Crippen molar-refractivity contribution in [2.75, 3.05) is 11.1 Å². The average Bonchev–Trinajstić information content (AvgIpc) is 2.70. The molecule has 0 unspecified atom stereocenters. The SMILES string of the molecule is N#Cc1ccc(-c2cnc(N)c3cnc(NC4CCC(O)CC4)nc23)c(F)c1. The van der Waals surface area contributed by atoms with Gasteiger partial charge in [-0.3, -0.25) is 0 Å². The van der Waals surface area contributed by atoms with Gasteiger partial charge in [-0.2, -0.15) is 5.26 Å². The Hall–Kier alpha value is -3.31. The Morgan fingerprint density at radius 3 is 2.64 bits per heavy atom. The number of nitrogens with zero attached hydrogens (tertiary/aromatic N) is 4. The Morgan fingerprint density at radius 2 is 1.93 bits per heavy atom. The molecule has 3 aromatic rings. The molecule has 8 heteroatoms. The maximum absolute atomic E-state index is 14.6. The number of nitrogen functional groups attached to an aromatic ring is 1. The van der Waals surface area contributed by atoms with Gasteiger partial charge in [0, 0.05) is 29.6 Å². The molecule has 0 atom stereocenters. The molecule has 1 aliphatic carbocycles. The molecule has 4 rings (SSSR count). The van der Waals surface area contributed by atoms with Crippen molar-refractivity contribution in [2.24, 2.45) is 0 Å². The summed E-state index contributed by atoms with van der Waals surface area (Å²) in [7, 11) is 0. The smallest absolute Gasteiger partial charge is 0.223 e. The van der Waals surface area contributed by atoms with Crippen molar-refractivity contribution in [1.82, 2.24) is 15.0 Å². The van der Waals surface area contributed by atoms with E-state index in [0.29, 0.717) is 28.0 Å². The molecule has 2 aromatic heterocycles. The van der Waals surface area contributed by atoms with E-state index in [1.54, 1.807) is 12.3 Å². The fraction of sp³-hybridized carbons (Fsp3) is 0.300. The van der Waals surface area contributed by atoms with Crippen molar-refractivity contribution >= 4 is 22.7 Å². The third-order valence-corrected chi connectivity index (χ3v) is 5.07. The van der Waals surface area contributed by atoms with Crippen LogP contribution < -0.4 is 11.1 Å². The van der Waals surface area contributed by atoms with Crippen molar-refractivity contribution in [3.05, 3.63) is 42.0 Å². The second-order valence-corrected chi connectivity index (χ2v) is 6.97. The zero-order valence-electron chi connectivity index (χ0n) is 15.1. The predicted octanol–water partition coefficient (Wildman–Crippen LogP) is 3.00. The summed E-state index contributed by atoms with van der Waals surface area (Å²) >= 11 is 0. The average molecular weight is 378 g/mol. The molecule has 0 bridgehead atoms. The van der Waals surface area contributed by atoms with Gasteiger partial charge in [0.05, 0.1) is 28.6 Å². The molecule has 1 aromatic carbocycles. The minimum Gasteiger partial charge on any atom is -0.393 e. The third kappa shape index (κ3) is 3.44. The van der Waals surface area contributed by atoms with Gasteiger partial charge in [0.15, 0.2) is 0 Å². The molecule has 0 saturated heterocycles. The number of nitriles is 1. The van der Waals surface area contributed by atoms with Gasteiger partial charge in [0.1, 0.15) is 11.6 Å². The van der Waals surface area contributed by atoms with E-state index in [2.05, 4.69) is 20.3 Å². The molecule has 4 N–H and O–H groups in total. The number of anilines is 2. The molecular weight excluding hydrogens is 359 g/mol. The number of aromatic nitrogens is 3. The number of pyridine rings is 1. The maximum atomic E-state index is 14.6. The van der Waals surface area contributed by atoms with Crippen LogP contribution in [0.1, 0.15) is 31.2 Å². The molecule has 0 aliphatic heterocycles. The van der Waals surface area contributed by atoms with Gasteiger partial charge in [0.2, 0.25) is 5.95 Å². The van der Waals surface area contributed by atoms with E-state index in [0.717, 1.165) is 25.7 Å². The molecule has 142 valence electrons. The normalized spacial score (nSPS) is 19.3. The molecular formula is C20H19FN6O. The number of benzene rings is 1. The van der Waals surface area contributed by atoms with Crippen LogP contribution in [0.25, 0.3) is 22.0 Å². The lowest BCUT2D eigenvalue weighted by atomic mass is 9.93. The number of nitrogens with two attached hydrogens (primary N) is 1. The number of halogens is 1. The second kappa shape index (κ2) is 7.37. The lowest BCUT2D eigenvalue weighted by molar-refractivity contribution is 0.126. The molecule has 28 heavy (non-hydrogen) atoms. The number of rotatable bonds is 3. The third-order valence-electron chi connectivity index (χ3n) is 5.07. The Balaban J connectivity index is 1.75. The number of aliphatic hydroxyl groups excluding tert-OH is 1. The first-order valence-corrected chi connectivity index (χ1v) is 9.11. The van der Waals surface area contributed by atoms with Gasteiger partial charge in [-0.25, -0.2) is 19.3 Å². The summed E-state index contributed by atoms with van der Waals surface area (Å²) in [5, 5.41) is 22.4. The van der Waals surface area contributed by atoms with Crippen molar-refractivity contribution in [1.29, 1.82) is 5.26 Å². The summed E-state index contributed by atoms with van der Waals surface area (Å²) in [4.78, 5) is 13.0. The largest absolute Gasteiger partial charge is 0.393 e. The molecule has 0 amide bonds. The summed E-state index contributed by atoms with van der Waals surface area (Å²) in [6.07, 6.45) is 5.96. The number of hydrogen-bond acceptors (Lipinski definition) is 7. The summed E-state index contributed by atoms with van der Waals surface area (Å²) in [5.74, 6) is 0.163. The second-order valence-electron chi connectivity index (χ2n) is 6.97. The number of aliphatic hydroxyl groups is 1. The van der Waals surface area contributed by atoms with E-state index in [1.165, 1.54) is 18.3 Å². The molecule has 7 nitrogen and oxygen atoms in total. The topological polar surface area (TPSA) is 121 Å². The number of hydrogen-bond donors (Lipinski definition) is 3. The molecule has 0 radical (unpaired) electrons. The Morgan fingerprint density at radius 1 is 1.14 bits per heavy atom. The summed E-state index contributed by atoms with van der Waals surface area (Å²) in [5.41, 5.74) is 7.47. The van der Waals surface area contributed by atoms with Gasteiger partial charge in [0.25, 0.3) is 0 Å². The minimum absolute atomic E-state index is 0.176. The lowest BCUT2D eigenvalue weighted by Gasteiger charge is -2.26. The van der Waals surface area contributed by atoms with Gasteiger partial charge < -0.3 is 16.2 Å². The van der Waals surface area contributed by atoms with Crippen molar-refractivity contribution < 1.29 is 9.50 Å². The first kappa shape index (κ1) is 18.1. The molecule has 0 spiro atoms. The van der Waals surface area contributed by atoms with Crippen LogP contribution in [0.4, 0.5) is 16.2 Å². The summed E-state index contributed by atoms with van der Waals surface area (Å²) < 4.78 is 14.6. The van der Waals surface area contributed by atoms with Crippen LogP contribution in [-0.4, -0.2) is 32.2 Å². The van der Waals surface area contributed by atoms with Crippen LogP contribution in [0.15, 0.2) is 30.6 Å². The van der Waals surface area contributed by atoms with E-state index in [-0.39, 0.29) is 23.5 Å². The first-order valence-electron chi connectivity index (χ1n) is 9.11. The van der Waals surface area contributed by atoms with Crippen LogP contribution in [0.5, 0.6) is 0 Å². The summed E-state index contributed by atoms with van der Waals surface area (Å²) in [6, 6.07) is 6.37. The molecule has 1 fully saturated rings. The van der Waals surface area contributed by atoms with Crippen LogP contribution in [0, 0.1) is 17.1 Å². The highest BCUT2D eigenvalue weighted by Crippen LogP contribution is 2.32. The van der Waals surface area contributed by atoms with Gasteiger partial charge >= 0.3 is 0 Å². The fourth-order valence-electron chi connectivity index (χ4n) is 3.51. The van der Waals surface area contributed by atoms with E-state index in [1.807, 2.05) is 6.07 Å². The van der Waals surface area contributed by atoms with E-state index < -0.39 is 5.82 Å². The van der Waals surface area contributed by atoms with Crippen LogP contribution in [0.2, 0.25) is 0 Å². The van der Waals surface area contributed by atoms with Gasteiger partial charge in [-0.1, -0.05) is 0 Å². The van der Waals surface area contributed by atoms with E-state index in [9.17, 15) is 9.50 Å². The zero-order chi connectivity index (χ0) is 19.7. The minimum atomic E-state index is -0.527. The Kier molecular flexibility index (Phi) is 4.75. The number of fused-ring (bicyclic) bond motifs is 1. The Bertz CT molecular complexity index is 1070. The van der Waals surface area contributed by atoms with Crippen molar-refractivity contribution in [3.8, 4) is 17.2 Å². The Labute approximate surface area is 161 Å². The van der Waals surface area contributed by atoms with Crippen LogP contribution in [0.3, 0.4) is 0 Å². The zero-order valence-corrected chi connectivity index (χ0v) is 15.1. The molecule has 2 heterocycles. The quantitative estimate of drug-likeness (QED) is 0.640. The number of nitrogens with one attached hydrogen (secondary N) is 1. The fourth-order valence-corrected chi connectivity index (χ4v) is 3.51. The van der Waals surface area contributed by atoms with Crippen LogP contribution >= 0.6 is 0 Å². The van der Waals surface area contributed by atoms with E-state index in [4.69, 9.17) is 11.0 Å². The van der Waals surface area contributed by atoms with E-state index >= 15 is 0 Å². The van der Waals surface area contributed by atoms with Crippen LogP contribution in [-0.2, 0) is 0 Å².